The molecule has 0 bridgehead atoms. The fourth-order valence-electron chi connectivity index (χ4n) is 3.27. The van der Waals surface area contributed by atoms with Crippen molar-refractivity contribution >= 4 is 38.9 Å². The number of amides is 1. The standard InChI is InChI=1S/C21H25ClN2O3S/c1-15(2)11-12-24-20-9-8-19(13-17(20)5-10-21(24)25)23-28(26,27)14-16-3-6-18(22)7-4-16/h3-4,6-9,13,15,23H,5,10-12,14H2,1-2H3. The topological polar surface area (TPSA) is 66.5 Å². The molecule has 1 N–H and O–H groups in total. The van der Waals surface area contributed by atoms with Crippen LogP contribution in [0.5, 0.6) is 0 Å². The summed E-state index contributed by atoms with van der Waals surface area (Å²) in [5.41, 5.74) is 3.07. The number of fused-ring (bicyclic) bond motifs is 1. The predicted octanol–water partition coefficient (Wildman–Crippen LogP) is 4.61. The zero-order valence-electron chi connectivity index (χ0n) is 16.1. The normalized spacial score (nSPS) is 14.3. The van der Waals surface area contributed by atoms with Crippen LogP contribution in [-0.2, 0) is 27.0 Å². The Balaban J connectivity index is 1.75. The first-order valence-corrected chi connectivity index (χ1v) is 11.4. The van der Waals surface area contributed by atoms with Gasteiger partial charge in [0.1, 0.15) is 0 Å². The largest absolute Gasteiger partial charge is 0.312 e. The zero-order chi connectivity index (χ0) is 20.3. The summed E-state index contributed by atoms with van der Waals surface area (Å²) >= 11 is 5.85. The van der Waals surface area contributed by atoms with Crippen LogP contribution < -0.4 is 9.62 Å². The van der Waals surface area contributed by atoms with Crippen molar-refractivity contribution in [2.24, 2.45) is 5.92 Å². The Kier molecular flexibility index (Phi) is 6.30. The molecule has 2 aromatic rings. The fraction of sp³-hybridized carbons (Fsp3) is 0.381. The molecule has 0 aromatic heterocycles. The van der Waals surface area contributed by atoms with E-state index in [1.54, 1.807) is 30.3 Å². The van der Waals surface area contributed by atoms with Gasteiger partial charge in [-0.2, -0.15) is 0 Å². The van der Waals surface area contributed by atoms with Crippen molar-refractivity contribution in [1.29, 1.82) is 0 Å². The maximum absolute atomic E-state index is 12.5. The van der Waals surface area contributed by atoms with Gasteiger partial charge in [-0.1, -0.05) is 37.6 Å². The van der Waals surface area contributed by atoms with Crippen molar-refractivity contribution in [3.63, 3.8) is 0 Å². The molecule has 28 heavy (non-hydrogen) atoms. The van der Waals surface area contributed by atoms with E-state index in [1.807, 2.05) is 17.0 Å². The van der Waals surface area contributed by atoms with Crippen LogP contribution >= 0.6 is 11.6 Å². The monoisotopic (exact) mass is 420 g/mol. The average Bonchev–Trinajstić information content (AvgIpc) is 2.62. The smallest absolute Gasteiger partial charge is 0.236 e. The molecule has 0 unspecified atom stereocenters. The van der Waals surface area contributed by atoms with Crippen molar-refractivity contribution in [2.75, 3.05) is 16.2 Å². The summed E-state index contributed by atoms with van der Waals surface area (Å²) in [4.78, 5) is 14.1. The molecule has 1 aliphatic heterocycles. The van der Waals surface area contributed by atoms with E-state index in [9.17, 15) is 13.2 Å². The van der Waals surface area contributed by atoms with Gasteiger partial charge in [-0.25, -0.2) is 8.42 Å². The van der Waals surface area contributed by atoms with E-state index in [0.717, 1.165) is 17.7 Å². The van der Waals surface area contributed by atoms with Gasteiger partial charge in [0.05, 0.1) is 5.75 Å². The minimum Gasteiger partial charge on any atom is -0.312 e. The van der Waals surface area contributed by atoms with Gasteiger partial charge in [0, 0.05) is 29.4 Å². The van der Waals surface area contributed by atoms with Crippen molar-refractivity contribution in [3.8, 4) is 0 Å². The van der Waals surface area contributed by atoms with Crippen molar-refractivity contribution < 1.29 is 13.2 Å². The third-order valence-electron chi connectivity index (χ3n) is 4.75. The number of hydrogen-bond donors (Lipinski definition) is 1. The maximum atomic E-state index is 12.5. The number of aryl methyl sites for hydroxylation is 1. The second-order valence-corrected chi connectivity index (χ2v) is 9.72. The highest BCUT2D eigenvalue weighted by Crippen LogP contribution is 2.31. The molecule has 0 saturated heterocycles. The number of nitrogens with one attached hydrogen (secondary N) is 1. The van der Waals surface area contributed by atoms with E-state index in [2.05, 4.69) is 18.6 Å². The number of nitrogens with zero attached hydrogens (tertiary/aromatic N) is 1. The number of sulfonamides is 1. The van der Waals surface area contributed by atoms with E-state index in [0.29, 0.717) is 41.6 Å². The fourth-order valence-corrected chi connectivity index (χ4v) is 4.59. The summed E-state index contributed by atoms with van der Waals surface area (Å²) in [6.07, 6.45) is 2.01. The molecule has 0 aliphatic carbocycles. The van der Waals surface area contributed by atoms with E-state index in [-0.39, 0.29) is 11.7 Å². The number of hydrogen-bond acceptors (Lipinski definition) is 3. The lowest BCUT2D eigenvalue weighted by molar-refractivity contribution is -0.118. The van der Waals surface area contributed by atoms with Crippen molar-refractivity contribution in [3.05, 3.63) is 58.6 Å². The number of carbonyl (C=O) groups excluding carboxylic acids is 1. The van der Waals surface area contributed by atoms with Crippen LogP contribution in [0.4, 0.5) is 11.4 Å². The molecule has 0 saturated carbocycles. The molecule has 0 radical (unpaired) electrons. The molecule has 0 spiro atoms. The number of rotatable bonds is 7. The van der Waals surface area contributed by atoms with Crippen LogP contribution in [0, 0.1) is 5.92 Å². The molecule has 1 aliphatic rings. The number of halogens is 1. The summed E-state index contributed by atoms with van der Waals surface area (Å²) in [5.74, 6) is 0.515. The Morgan fingerprint density at radius 1 is 1.11 bits per heavy atom. The lowest BCUT2D eigenvalue weighted by Crippen LogP contribution is -2.36. The molecular weight excluding hydrogens is 396 g/mol. The SMILES string of the molecule is CC(C)CCN1C(=O)CCc2cc(NS(=O)(=O)Cc3ccc(Cl)cc3)ccc21. The van der Waals surface area contributed by atoms with E-state index >= 15 is 0 Å². The molecule has 7 heteroatoms. The summed E-state index contributed by atoms with van der Waals surface area (Å²) in [7, 11) is -3.55. The molecule has 5 nitrogen and oxygen atoms in total. The number of carbonyl (C=O) groups is 1. The molecule has 0 atom stereocenters. The Morgan fingerprint density at radius 3 is 2.50 bits per heavy atom. The van der Waals surface area contributed by atoms with Gasteiger partial charge in [-0.05, 0) is 60.2 Å². The Bertz CT molecular complexity index is 956. The third kappa shape index (κ3) is 5.26. The second kappa shape index (κ2) is 8.53. The predicted molar refractivity (Wildman–Crippen MR) is 114 cm³/mol. The van der Waals surface area contributed by atoms with Crippen LogP contribution in [0.15, 0.2) is 42.5 Å². The molecule has 2 aromatic carbocycles. The van der Waals surface area contributed by atoms with E-state index in [1.165, 1.54) is 0 Å². The molecule has 1 heterocycles. The lowest BCUT2D eigenvalue weighted by Gasteiger charge is -2.30. The van der Waals surface area contributed by atoms with Crippen LogP contribution in [0.25, 0.3) is 0 Å². The highest BCUT2D eigenvalue weighted by atomic mass is 35.5. The number of anilines is 2. The summed E-state index contributed by atoms with van der Waals surface area (Å²) in [6, 6.07) is 12.1. The van der Waals surface area contributed by atoms with Gasteiger partial charge in [0.25, 0.3) is 0 Å². The highest BCUT2D eigenvalue weighted by Gasteiger charge is 2.24. The Labute approximate surface area is 171 Å². The first kappa shape index (κ1) is 20.7. The van der Waals surface area contributed by atoms with Gasteiger partial charge in [-0.15, -0.1) is 0 Å². The molecular formula is C21H25ClN2O3S. The Hall–Kier alpha value is -2.05. The van der Waals surface area contributed by atoms with Crippen LogP contribution in [0.2, 0.25) is 5.02 Å². The van der Waals surface area contributed by atoms with Crippen LogP contribution in [0.1, 0.15) is 37.8 Å². The Morgan fingerprint density at radius 2 is 1.82 bits per heavy atom. The molecule has 0 fully saturated rings. The second-order valence-electron chi connectivity index (χ2n) is 7.56. The van der Waals surface area contributed by atoms with E-state index in [4.69, 9.17) is 11.6 Å². The molecule has 150 valence electrons. The minimum atomic E-state index is -3.55. The minimum absolute atomic E-state index is 0.125. The van der Waals surface area contributed by atoms with E-state index < -0.39 is 10.0 Å². The van der Waals surface area contributed by atoms with Gasteiger partial charge in [0.15, 0.2) is 0 Å². The summed E-state index contributed by atoms with van der Waals surface area (Å²) in [5, 5.41) is 0.570. The first-order chi connectivity index (χ1) is 13.2. The lowest BCUT2D eigenvalue weighted by atomic mass is 9.99. The van der Waals surface area contributed by atoms with Crippen LogP contribution in [-0.4, -0.2) is 20.9 Å². The van der Waals surface area contributed by atoms with Gasteiger partial charge in [0.2, 0.25) is 15.9 Å². The average molecular weight is 421 g/mol. The zero-order valence-corrected chi connectivity index (χ0v) is 17.7. The van der Waals surface area contributed by atoms with Gasteiger partial charge < -0.3 is 4.90 Å². The first-order valence-electron chi connectivity index (χ1n) is 9.42. The quantitative estimate of drug-likeness (QED) is 0.711. The summed E-state index contributed by atoms with van der Waals surface area (Å²) in [6.45, 7) is 4.95. The van der Waals surface area contributed by atoms with Crippen molar-refractivity contribution in [1.82, 2.24) is 0 Å². The number of benzene rings is 2. The summed E-state index contributed by atoms with van der Waals surface area (Å²) < 4.78 is 27.7. The molecule has 3 rings (SSSR count). The van der Waals surface area contributed by atoms with Gasteiger partial charge in [-0.3, -0.25) is 9.52 Å². The molecule has 1 amide bonds. The third-order valence-corrected chi connectivity index (χ3v) is 6.26. The van der Waals surface area contributed by atoms with Crippen LogP contribution in [0.3, 0.4) is 0 Å². The maximum Gasteiger partial charge on any atom is 0.236 e. The van der Waals surface area contributed by atoms with Crippen molar-refractivity contribution in [2.45, 2.75) is 38.9 Å². The highest BCUT2D eigenvalue weighted by molar-refractivity contribution is 7.91. The van der Waals surface area contributed by atoms with Gasteiger partial charge >= 0.3 is 0 Å².